The van der Waals surface area contributed by atoms with E-state index in [0.717, 1.165) is 27.8 Å². The van der Waals surface area contributed by atoms with Gasteiger partial charge in [0.15, 0.2) is 0 Å². The lowest BCUT2D eigenvalue weighted by atomic mass is 10.1. The third-order valence-corrected chi connectivity index (χ3v) is 5.61. The minimum atomic E-state index is -3.82. The Bertz CT molecular complexity index is 963. The summed E-state index contributed by atoms with van der Waals surface area (Å²) in [6.45, 7) is 5.45. The highest BCUT2D eigenvalue weighted by Gasteiger charge is 2.32. The van der Waals surface area contributed by atoms with Gasteiger partial charge >= 0.3 is 0 Å². The SMILES string of the molecule is CC[C@H](C(=O)Nc1cc(C)ccc1C)N(c1ccc(F)c(Cl)c1)S(C)(=O)=O. The fourth-order valence-corrected chi connectivity index (χ4v) is 4.15. The van der Waals surface area contributed by atoms with Gasteiger partial charge in [0.05, 0.1) is 17.0 Å². The molecule has 27 heavy (non-hydrogen) atoms. The molecule has 2 aromatic carbocycles. The molecule has 0 spiro atoms. The quantitative estimate of drug-likeness (QED) is 0.770. The number of hydrogen-bond donors (Lipinski definition) is 1. The van der Waals surface area contributed by atoms with Crippen molar-refractivity contribution in [2.24, 2.45) is 0 Å². The molecule has 0 aliphatic carbocycles. The van der Waals surface area contributed by atoms with Gasteiger partial charge in [0.25, 0.3) is 0 Å². The van der Waals surface area contributed by atoms with Crippen LogP contribution in [0.3, 0.4) is 0 Å². The van der Waals surface area contributed by atoms with Gasteiger partial charge in [-0.2, -0.15) is 0 Å². The molecular weight excluding hydrogens is 391 g/mol. The van der Waals surface area contributed by atoms with E-state index in [1.54, 1.807) is 6.92 Å². The number of rotatable bonds is 6. The van der Waals surface area contributed by atoms with E-state index in [1.807, 2.05) is 32.0 Å². The van der Waals surface area contributed by atoms with Gasteiger partial charge in [-0.25, -0.2) is 12.8 Å². The maximum absolute atomic E-state index is 13.5. The van der Waals surface area contributed by atoms with Crippen LogP contribution in [0.5, 0.6) is 0 Å². The molecule has 0 fully saturated rings. The summed E-state index contributed by atoms with van der Waals surface area (Å²) in [5, 5.41) is 2.58. The van der Waals surface area contributed by atoms with Crippen molar-refractivity contribution in [2.45, 2.75) is 33.2 Å². The van der Waals surface area contributed by atoms with Gasteiger partial charge in [-0.3, -0.25) is 9.10 Å². The van der Waals surface area contributed by atoms with Crippen LogP contribution in [0.15, 0.2) is 36.4 Å². The molecule has 1 N–H and O–H groups in total. The van der Waals surface area contributed by atoms with Gasteiger partial charge in [0, 0.05) is 5.69 Å². The van der Waals surface area contributed by atoms with Crippen LogP contribution >= 0.6 is 11.6 Å². The highest BCUT2D eigenvalue weighted by atomic mass is 35.5. The lowest BCUT2D eigenvalue weighted by Crippen LogP contribution is -2.47. The number of aryl methyl sites for hydroxylation is 2. The second-order valence-electron chi connectivity index (χ2n) is 6.39. The van der Waals surface area contributed by atoms with Crippen molar-refractivity contribution in [2.75, 3.05) is 15.9 Å². The minimum Gasteiger partial charge on any atom is -0.324 e. The zero-order valence-corrected chi connectivity index (χ0v) is 17.2. The van der Waals surface area contributed by atoms with Crippen molar-refractivity contribution in [3.63, 3.8) is 0 Å². The number of amides is 1. The molecule has 0 saturated heterocycles. The lowest BCUT2D eigenvalue weighted by Gasteiger charge is -2.30. The van der Waals surface area contributed by atoms with Gasteiger partial charge in [0.1, 0.15) is 11.9 Å². The van der Waals surface area contributed by atoms with Crippen LogP contribution in [0.25, 0.3) is 0 Å². The molecular formula is C19H22ClFN2O3S. The number of sulfonamides is 1. The second-order valence-corrected chi connectivity index (χ2v) is 8.66. The first-order chi connectivity index (χ1) is 12.5. The summed E-state index contributed by atoms with van der Waals surface area (Å²) in [5.41, 5.74) is 2.57. The van der Waals surface area contributed by atoms with Gasteiger partial charge < -0.3 is 5.32 Å². The third-order valence-electron chi connectivity index (χ3n) is 4.14. The lowest BCUT2D eigenvalue weighted by molar-refractivity contribution is -0.117. The molecule has 5 nitrogen and oxygen atoms in total. The third kappa shape index (κ3) is 4.99. The summed E-state index contributed by atoms with van der Waals surface area (Å²) in [7, 11) is -3.82. The summed E-state index contributed by atoms with van der Waals surface area (Å²) >= 11 is 5.81. The molecule has 0 aliphatic rings. The number of carbonyl (C=O) groups is 1. The molecule has 1 amide bonds. The first-order valence-corrected chi connectivity index (χ1v) is 10.6. The molecule has 2 aromatic rings. The van der Waals surface area contributed by atoms with Crippen LogP contribution in [0.4, 0.5) is 15.8 Å². The fraction of sp³-hybridized carbons (Fsp3) is 0.316. The first-order valence-electron chi connectivity index (χ1n) is 8.37. The van der Waals surface area contributed by atoms with Crippen LogP contribution in [0.1, 0.15) is 24.5 Å². The maximum Gasteiger partial charge on any atom is 0.248 e. The summed E-state index contributed by atoms with van der Waals surface area (Å²) < 4.78 is 39.3. The molecule has 2 rings (SSSR count). The van der Waals surface area contributed by atoms with Crippen LogP contribution in [-0.2, 0) is 14.8 Å². The Labute approximate surface area is 164 Å². The maximum atomic E-state index is 13.5. The van der Waals surface area contributed by atoms with E-state index in [4.69, 9.17) is 11.6 Å². The molecule has 0 unspecified atom stereocenters. The summed E-state index contributed by atoms with van der Waals surface area (Å²) in [6, 6.07) is 8.17. The predicted molar refractivity (Wildman–Crippen MR) is 107 cm³/mol. The number of benzene rings is 2. The van der Waals surface area contributed by atoms with Crippen LogP contribution < -0.4 is 9.62 Å². The van der Waals surface area contributed by atoms with Crippen molar-refractivity contribution in [1.82, 2.24) is 0 Å². The molecule has 0 saturated carbocycles. The van der Waals surface area contributed by atoms with Gasteiger partial charge in [-0.15, -0.1) is 0 Å². The molecule has 0 aromatic heterocycles. The monoisotopic (exact) mass is 412 g/mol. The predicted octanol–water partition coefficient (Wildman–Crippen LogP) is 4.28. The Morgan fingerprint density at radius 2 is 1.89 bits per heavy atom. The molecule has 8 heteroatoms. The van der Waals surface area contributed by atoms with Crippen molar-refractivity contribution < 1.29 is 17.6 Å². The van der Waals surface area contributed by atoms with E-state index in [0.29, 0.717) is 5.69 Å². The van der Waals surface area contributed by atoms with Crippen LogP contribution in [0.2, 0.25) is 5.02 Å². The summed E-state index contributed by atoms with van der Waals surface area (Å²) in [4.78, 5) is 12.9. The largest absolute Gasteiger partial charge is 0.324 e. The Hall–Kier alpha value is -2.12. The Balaban J connectivity index is 2.44. The normalized spacial score (nSPS) is 12.5. The van der Waals surface area contributed by atoms with Crippen molar-refractivity contribution >= 4 is 38.9 Å². The summed E-state index contributed by atoms with van der Waals surface area (Å²) in [6.07, 6.45) is 1.22. The number of carbonyl (C=O) groups excluding carboxylic acids is 1. The average Bonchev–Trinajstić information content (AvgIpc) is 2.57. The van der Waals surface area contributed by atoms with Gasteiger partial charge in [-0.1, -0.05) is 30.7 Å². The van der Waals surface area contributed by atoms with E-state index in [-0.39, 0.29) is 17.1 Å². The van der Waals surface area contributed by atoms with Crippen molar-refractivity contribution in [3.05, 3.63) is 58.4 Å². The zero-order valence-electron chi connectivity index (χ0n) is 15.6. The van der Waals surface area contributed by atoms with E-state index < -0.39 is 27.8 Å². The van der Waals surface area contributed by atoms with Gasteiger partial charge in [0.2, 0.25) is 15.9 Å². The van der Waals surface area contributed by atoms with Crippen molar-refractivity contribution in [1.29, 1.82) is 0 Å². The van der Waals surface area contributed by atoms with Crippen molar-refractivity contribution in [3.8, 4) is 0 Å². The molecule has 1 atom stereocenters. The van der Waals surface area contributed by atoms with Crippen LogP contribution in [0, 0.1) is 19.7 Å². The minimum absolute atomic E-state index is 0.131. The molecule has 0 bridgehead atoms. The molecule has 146 valence electrons. The highest BCUT2D eigenvalue weighted by Crippen LogP contribution is 2.28. The summed E-state index contributed by atoms with van der Waals surface area (Å²) in [5.74, 6) is -1.14. The fourth-order valence-electron chi connectivity index (χ4n) is 2.77. The number of nitrogens with zero attached hydrogens (tertiary/aromatic N) is 1. The Kier molecular flexibility index (Phi) is 6.49. The Morgan fingerprint density at radius 1 is 1.22 bits per heavy atom. The number of nitrogens with one attached hydrogen (secondary N) is 1. The van der Waals surface area contributed by atoms with E-state index in [9.17, 15) is 17.6 Å². The molecule has 0 aliphatic heterocycles. The standard InChI is InChI=1S/C19H22ClFN2O3S/c1-5-18(19(24)22-17-10-12(2)6-7-13(17)3)23(27(4,25)26)14-8-9-16(21)15(20)11-14/h6-11,18H,5H2,1-4H3,(H,22,24)/t18-/m1/s1. The number of hydrogen-bond acceptors (Lipinski definition) is 3. The topological polar surface area (TPSA) is 66.5 Å². The number of halogens is 2. The second kappa shape index (κ2) is 8.27. The van der Waals surface area contributed by atoms with E-state index in [1.165, 1.54) is 12.1 Å². The molecule has 0 radical (unpaired) electrons. The highest BCUT2D eigenvalue weighted by molar-refractivity contribution is 7.92. The number of anilines is 2. The van der Waals surface area contributed by atoms with E-state index >= 15 is 0 Å². The smallest absolute Gasteiger partial charge is 0.248 e. The van der Waals surface area contributed by atoms with Gasteiger partial charge in [-0.05, 0) is 55.7 Å². The zero-order chi connectivity index (χ0) is 20.4. The first kappa shape index (κ1) is 21.2. The van der Waals surface area contributed by atoms with Crippen LogP contribution in [-0.4, -0.2) is 26.6 Å². The molecule has 0 heterocycles. The Morgan fingerprint density at radius 3 is 2.44 bits per heavy atom. The average molecular weight is 413 g/mol. The van der Waals surface area contributed by atoms with E-state index in [2.05, 4.69) is 5.32 Å².